The Morgan fingerprint density at radius 1 is 1.42 bits per heavy atom. The standard InChI is InChI=1S/C14H23FN4/c1-18-6-7-19(2)14(10-18)13(17-16)9-11-4-3-5-12(15)8-11/h3-5,8,13-14,17H,6-7,9-10,16H2,1-2H3. The summed E-state index contributed by atoms with van der Waals surface area (Å²) in [6, 6.07) is 7.20. The molecule has 0 spiro atoms. The van der Waals surface area contributed by atoms with Gasteiger partial charge in [-0.25, -0.2) is 4.39 Å². The van der Waals surface area contributed by atoms with Crippen molar-refractivity contribution < 1.29 is 4.39 Å². The Morgan fingerprint density at radius 2 is 2.21 bits per heavy atom. The predicted octanol–water partition coefficient (Wildman–Crippen LogP) is 0.446. The summed E-state index contributed by atoms with van der Waals surface area (Å²) < 4.78 is 13.2. The highest BCUT2D eigenvalue weighted by Gasteiger charge is 2.29. The van der Waals surface area contributed by atoms with Gasteiger partial charge in [0.05, 0.1) is 0 Å². The van der Waals surface area contributed by atoms with Crippen molar-refractivity contribution >= 4 is 0 Å². The number of hydrogen-bond acceptors (Lipinski definition) is 4. The van der Waals surface area contributed by atoms with E-state index in [1.807, 2.05) is 6.07 Å². The number of hydrogen-bond donors (Lipinski definition) is 2. The van der Waals surface area contributed by atoms with Gasteiger partial charge in [0.2, 0.25) is 0 Å². The van der Waals surface area contributed by atoms with Crippen molar-refractivity contribution in [2.24, 2.45) is 5.84 Å². The zero-order valence-corrected chi connectivity index (χ0v) is 11.6. The predicted molar refractivity (Wildman–Crippen MR) is 75.1 cm³/mol. The third-order valence-corrected chi connectivity index (χ3v) is 3.92. The number of rotatable bonds is 4. The molecule has 1 aliphatic heterocycles. The molecule has 0 bridgehead atoms. The first kappa shape index (κ1) is 14.4. The minimum absolute atomic E-state index is 0.120. The van der Waals surface area contributed by atoms with Crippen molar-refractivity contribution in [1.82, 2.24) is 15.2 Å². The van der Waals surface area contributed by atoms with E-state index in [4.69, 9.17) is 5.84 Å². The highest BCUT2D eigenvalue weighted by atomic mass is 19.1. The van der Waals surface area contributed by atoms with Gasteiger partial charge in [0.1, 0.15) is 5.82 Å². The minimum atomic E-state index is -0.192. The van der Waals surface area contributed by atoms with E-state index >= 15 is 0 Å². The SMILES string of the molecule is CN1CCN(C)C(C(Cc2cccc(F)c2)NN)C1. The molecule has 4 nitrogen and oxygen atoms in total. The first-order valence-electron chi connectivity index (χ1n) is 6.69. The van der Waals surface area contributed by atoms with Gasteiger partial charge < -0.3 is 4.90 Å². The fourth-order valence-corrected chi connectivity index (χ4v) is 2.70. The third-order valence-electron chi connectivity index (χ3n) is 3.92. The van der Waals surface area contributed by atoms with Crippen LogP contribution >= 0.6 is 0 Å². The minimum Gasteiger partial charge on any atom is -0.303 e. The maximum atomic E-state index is 13.2. The number of nitrogens with two attached hydrogens (primary N) is 1. The average molecular weight is 266 g/mol. The Bertz CT molecular complexity index is 412. The molecule has 0 amide bonds. The lowest BCUT2D eigenvalue weighted by atomic mass is 9.97. The van der Waals surface area contributed by atoms with Gasteiger partial charge in [0.25, 0.3) is 0 Å². The fourth-order valence-electron chi connectivity index (χ4n) is 2.70. The van der Waals surface area contributed by atoms with Crippen molar-refractivity contribution in [3.8, 4) is 0 Å². The molecule has 0 radical (unpaired) electrons. The highest BCUT2D eigenvalue weighted by Crippen LogP contribution is 2.14. The molecule has 1 fully saturated rings. The van der Waals surface area contributed by atoms with E-state index in [1.54, 1.807) is 12.1 Å². The molecule has 1 heterocycles. The van der Waals surface area contributed by atoms with Crippen LogP contribution in [0.5, 0.6) is 0 Å². The summed E-state index contributed by atoms with van der Waals surface area (Å²) >= 11 is 0. The van der Waals surface area contributed by atoms with Crippen LogP contribution in [0.3, 0.4) is 0 Å². The van der Waals surface area contributed by atoms with E-state index in [0.29, 0.717) is 6.04 Å². The molecule has 0 aromatic heterocycles. The lowest BCUT2D eigenvalue weighted by Gasteiger charge is -2.41. The number of nitrogens with zero attached hydrogens (tertiary/aromatic N) is 2. The number of likely N-dealkylation sites (N-methyl/N-ethyl adjacent to an activating group) is 2. The fraction of sp³-hybridized carbons (Fsp3) is 0.571. The van der Waals surface area contributed by atoms with E-state index in [9.17, 15) is 4.39 Å². The van der Waals surface area contributed by atoms with Gasteiger partial charge in [-0.1, -0.05) is 12.1 Å². The number of hydrazine groups is 1. The summed E-state index contributed by atoms with van der Waals surface area (Å²) in [5.74, 6) is 5.52. The first-order valence-corrected chi connectivity index (χ1v) is 6.69. The largest absolute Gasteiger partial charge is 0.303 e. The molecular formula is C14H23FN4. The molecule has 19 heavy (non-hydrogen) atoms. The van der Waals surface area contributed by atoms with Crippen LogP contribution in [0, 0.1) is 5.82 Å². The molecule has 2 rings (SSSR count). The summed E-state index contributed by atoms with van der Waals surface area (Å²) in [6.45, 7) is 3.08. The molecule has 1 aromatic rings. The lowest BCUT2D eigenvalue weighted by molar-refractivity contribution is 0.0877. The first-order chi connectivity index (χ1) is 9.10. The Hall–Kier alpha value is -1.01. The van der Waals surface area contributed by atoms with Crippen LogP contribution in [0.4, 0.5) is 4.39 Å². The Balaban J connectivity index is 2.06. The van der Waals surface area contributed by atoms with Crippen molar-refractivity contribution in [1.29, 1.82) is 0 Å². The second-order valence-electron chi connectivity index (χ2n) is 5.42. The van der Waals surface area contributed by atoms with Gasteiger partial charge in [-0.05, 0) is 38.2 Å². The van der Waals surface area contributed by atoms with Crippen LogP contribution in [0.15, 0.2) is 24.3 Å². The molecule has 3 N–H and O–H groups in total. The topological polar surface area (TPSA) is 44.5 Å². The van der Waals surface area contributed by atoms with E-state index in [2.05, 4.69) is 29.3 Å². The molecule has 1 aromatic carbocycles. The second-order valence-corrected chi connectivity index (χ2v) is 5.42. The molecule has 106 valence electrons. The molecule has 1 aliphatic rings. The number of piperazine rings is 1. The van der Waals surface area contributed by atoms with Gasteiger partial charge in [0, 0.05) is 31.7 Å². The Labute approximate surface area is 114 Å². The van der Waals surface area contributed by atoms with Crippen LogP contribution < -0.4 is 11.3 Å². The van der Waals surface area contributed by atoms with Crippen LogP contribution in [0.25, 0.3) is 0 Å². The quantitative estimate of drug-likeness (QED) is 0.613. The van der Waals surface area contributed by atoms with Gasteiger partial charge in [-0.15, -0.1) is 0 Å². The molecule has 2 atom stereocenters. The van der Waals surface area contributed by atoms with Crippen molar-refractivity contribution in [2.45, 2.75) is 18.5 Å². The number of nitrogens with one attached hydrogen (secondary N) is 1. The van der Waals surface area contributed by atoms with Crippen LogP contribution in [0.2, 0.25) is 0 Å². The van der Waals surface area contributed by atoms with Gasteiger partial charge >= 0.3 is 0 Å². The van der Waals surface area contributed by atoms with E-state index < -0.39 is 0 Å². The van der Waals surface area contributed by atoms with Gasteiger partial charge in [-0.3, -0.25) is 16.2 Å². The summed E-state index contributed by atoms with van der Waals surface area (Å²) in [4.78, 5) is 4.63. The molecule has 1 saturated heterocycles. The third kappa shape index (κ3) is 3.73. The van der Waals surface area contributed by atoms with E-state index in [0.717, 1.165) is 31.6 Å². The van der Waals surface area contributed by atoms with Crippen molar-refractivity contribution in [3.63, 3.8) is 0 Å². The maximum absolute atomic E-state index is 13.2. The second kappa shape index (κ2) is 6.43. The van der Waals surface area contributed by atoms with Crippen molar-refractivity contribution in [2.75, 3.05) is 33.7 Å². The smallest absolute Gasteiger partial charge is 0.123 e. The molecule has 2 unspecified atom stereocenters. The maximum Gasteiger partial charge on any atom is 0.123 e. The zero-order valence-electron chi connectivity index (χ0n) is 11.6. The number of halogens is 1. The summed E-state index contributed by atoms with van der Waals surface area (Å²) in [7, 11) is 4.24. The highest BCUT2D eigenvalue weighted by molar-refractivity contribution is 5.18. The molecular weight excluding hydrogens is 243 g/mol. The van der Waals surface area contributed by atoms with Crippen LogP contribution in [-0.2, 0) is 6.42 Å². The zero-order chi connectivity index (χ0) is 13.8. The Kier molecular flexibility index (Phi) is 4.87. The summed E-state index contributed by atoms with van der Waals surface area (Å²) in [6.07, 6.45) is 0.733. The van der Waals surface area contributed by atoms with E-state index in [1.165, 1.54) is 6.07 Å². The number of benzene rings is 1. The average Bonchev–Trinajstić information content (AvgIpc) is 2.39. The molecule has 0 aliphatic carbocycles. The van der Waals surface area contributed by atoms with Crippen molar-refractivity contribution in [3.05, 3.63) is 35.6 Å². The normalized spacial score (nSPS) is 23.5. The molecule has 0 saturated carbocycles. The van der Waals surface area contributed by atoms with Gasteiger partial charge in [-0.2, -0.15) is 0 Å². The monoisotopic (exact) mass is 266 g/mol. The van der Waals surface area contributed by atoms with E-state index in [-0.39, 0.29) is 11.9 Å². The summed E-state index contributed by atoms with van der Waals surface area (Å²) in [5, 5.41) is 0. The Morgan fingerprint density at radius 3 is 2.89 bits per heavy atom. The molecule has 5 heteroatoms. The summed E-state index contributed by atoms with van der Waals surface area (Å²) in [5.41, 5.74) is 3.88. The van der Waals surface area contributed by atoms with Crippen LogP contribution in [-0.4, -0.2) is 55.6 Å². The van der Waals surface area contributed by atoms with Crippen LogP contribution in [0.1, 0.15) is 5.56 Å². The van der Waals surface area contributed by atoms with Gasteiger partial charge in [0.15, 0.2) is 0 Å². The lowest BCUT2D eigenvalue weighted by Crippen LogP contribution is -2.60.